The van der Waals surface area contributed by atoms with E-state index in [-0.39, 0.29) is 27.3 Å². The Hall–Kier alpha value is 0.870. The molecular formula is C30H64Hf. The summed E-state index contributed by atoms with van der Waals surface area (Å²) in [6.07, 6.45) is 32.8. The molecule has 0 nitrogen and oxygen atoms in total. The minimum atomic E-state index is 0. The molecule has 0 saturated carbocycles. The SMILES string of the molecule is [CH2-]CCCCCCCCC.[CH2-]CCCCCCCCC.[CH2-]CCCCCCCCC.[H-].[Hf+4]. The standard InChI is InChI=1S/3C10H21.Hf.H/c3*1-3-5-7-9-10-8-6-4-2;;/h3*1,3-10H2,2H3;;/q3*-1;+4;-1. The molecule has 31 heavy (non-hydrogen) atoms. The van der Waals surface area contributed by atoms with Gasteiger partial charge in [0, 0.05) is 0 Å². The van der Waals surface area contributed by atoms with Gasteiger partial charge in [-0.2, -0.15) is 19.3 Å². The maximum Gasteiger partial charge on any atom is 4.00 e. The van der Waals surface area contributed by atoms with Crippen molar-refractivity contribution in [1.82, 2.24) is 0 Å². The van der Waals surface area contributed by atoms with Gasteiger partial charge in [-0.05, 0) is 0 Å². The topological polar surface area (TPSA) is 0 Å². The van der Waals surface area contributed by atoms with E-state index < -0.39 is 0 Å². The molecule has 0 amide bonds. The molecule has 0 heterocycles. The van der Waals surface area contributed by atoms with E-state index in [4.69, 9.17) is 0 Å². The Morgan fingerprint density at radius 2 is 0.484 bits per heavy atom. The van der Waals surface area contributed by atoms with Gasteiger partial charge in [0.2, 0.25) is 0 Å². The number of rotatable bonds is 21. The Morgan fingerprint density at radius 1 is 0.323 bits per heavy atom. The first-order chi connectivity index (χ1) is 14.7. The summed E-state index contributed by atoms with van der Waals surface area (Å²) >= 11 is 0. The first kappa shape index (κ1) is 39.1. The molecule has 188 valence electrons. The van der Waals surface area contributed by atoms with E-state index in [1.54, 1.807) is 0 Å². The van der Waals surface area contributed by atoms with Crippen LogP contribution in [0, 0.1) is 20.8 Å². The predicted octanol–water partition coefficient (Wildman–Crippen LogP) is 12.0. The van der Waals surface area contributed by atoms with Gasteiger partial charge in [0.25, 0.3) is 0 Å². The third-order valence-corrected chi connectivity index (χ3v) is 5.56. The Bertz CT molecular complexity index is 171. The molecule has 0 fully saturated rings. The van der Waals surface area contributed by atoms with E-state index in [1.165, 1.54) is 135 Å². The van der Waals surface area contributed by atoms with Crippen molar-refractivity contribution in [1.29, 1.82) is 0 Å². The molecule has 0 aliphatic carbocycles. The molecule has 0 aromatic rings. The van der Waals surface area contributed by atoms with Crippen LogP contribution in [0.4, 0.5) is 0 Å². The average Bonchev–Trinajstić information content (AvgIpc) is 2.77. The van der Waals surface area contributed by atoms with Crippen molar-refractivity contribution in [2.75, 3.05) is 0 Å². The second-order valence-corrected chi connectivity index (χ2v) is 8.92. The van der Waals surface area contributed by atoms with Gasteiger partial charge in [-0.3, -0.25) is 0 Å². The van der Waals surface area contributed by atoms with Gasteiger partial charge in [0.1, 0.15) is 0 Å². The molecular weight excluding hydrogens is 539 g/mol. The maximum atomic E-state index is 3.82. The van der Waals surface area contributed by atoms with Crippen LogP contribution in [-0.2, 0) is 25.8 Å². The van der Waals surface area contributed by atoms with Crippen molar-refractivity contribution in [2.24, 2.45) is 0 Å². The van der Waals surface area contributed by atoms with Gasteiger partial charge in [0.05, 0.1) is 0 Å². The van der Waals surface area contributed by atoms with Crippen LogP contribution in [0.2, 0.25) is 0 Å². The molecule has 0 spiro atoms. The van der Waals surface area contributed by atoms with Crippen molar-refractivity contribution in [3.63, 3.8) is 0 Å². The zero-order valence-corrected chi connectivity index (χ0v) is 26.2. The summed E-state index contributed by atoms with van der Waals surface area (Å²) in [5, 5.41) is 0. The van der Waals surface area contributed by atoms with E-state index in [2.05, 4.69) is 41.5 Å². The third kappa shape index (κ3) is 53.8. The van der Waals surface area contributed by atoms with Crippen molar-refractivity contribution >= 4 is 0 Å². The van der Waals surface area contributed by atoms with E-state index >= 15 is 0 Å². The van der Waals surface area contributed by atoms with Crippen molar-refractivity contribution in [2.45, 2.75) is 175 Å². The molecule has 0 N–H and O–H groups in total. The first-order valence-electron chi connectivity index (χ1n) is 14.1. The molecule has 0 aromatic heterocycles. The number of hydrogen-bond donors (Lipinski definition) is 0. The van der Waals surface area contributed by atoms with Crippen molar-refractivity contribution in [3.8, 4) is 0 Å². The van der Waals surface area contributed by atoms with E-state index in [0.717, 1.165) is 19.3 Å². The Kier molecular flexibility index (Phi) is 56.2. The fourth-order valence-corrected chi connectivity index (χ4v) is 3.40. The second-order valence-electron chi connectivity index (χ2n) is 8.92. The minimum Gasteiger partial charge on any atom is -1.00 e. The quantitative estimate of drug-likeness (QED) is 0.0696. The molecule has 0 aromatic carbocycles. The fourth-order valence-electron chi connectivity index (χ4n) is 3.40. The van der Waals surface area contributed by atoms with Gasteiger partial charge in [0.15, 0.2) is 0 Å². The summed E-state index contributed by atoms with van der Waals surface area (Å²) in [4.78, 5) is 0. The van der Waals surface area contributed by atoms with Crippen LogP contribution in [0.25, 0.3) is 0 Å². The Morgan fingerprint density at radius 3 is 0.645 bits per heavy atom. The van der Waals surface area contributed by atoms with Gasteiger partial charge in [-0.1, -0.05) is 156 Å². The smallest absolute Gasteiger partial charge is 1.00 e. The molecule has 0 atom stereocenters. The predicted molar refractivity (Wildman–Crippen MR) is 145 cm³/mol. The van der Waals surface area contributed by atoms with Crippen LogP contribution in [0.1, 0.15) is 176 Å². The van der Waals surface area contributed by atoms with Crippen LogP contribution in [-0.4, -0.2) is 0 Å². The van der Waals surface area contributed by atoms with E-state index in [9.17, 15) is 0 Å². The van der Waals surface area contributed by atoms with Crippen LogP contribution in [0.15, 0.2) is 0 Å². The van der Waals surface area contributed by atoms with Gasteiger partial charge in [-0.15, -0.1) is 0 Å². The van der Waals surface area contributed by atoms with Gasteiger partial charge >= 0.3 is 25.8 Å². The normalized spacial score (nSPS) is 9.87. The molecule has 0 bridgehead atoms. The summed E-state index contributed by atoms with van der Waals surface area (Å²) in [5.74, 6) is 0. The van der Waals surface area contributed by atoms with Crippen LogP contribution >= 0.6 is 0 Å². The van der Waals surface area contributed by atoms with E-state index in [1.807, 2.05) is 0 Å². The van der Waals surface area contributed by atoms with Crippen LogP contribution < -0.4 is 0 Å². The average molecular weight is 603 g/mol. The maximum absolute atomic E-state index is 3.82. The molecule has 0 aliphatic heterocycles. The first-order valence-corrected chi connectivity index (χ1v) is 14.1. The molecule has 0 unspecified atom stereocenters. The van der Waals surface area contributed by atoms with E-state index in [0.29, 0.717) is 0 Å². The second kappa shape index (κ2) is 44.5. The summed E-state index contributed by atoms with van der Waals surface area (Å²) < 4.78 is 0. The minimum absolute atomic E-state index is 0. The molecule has 1 heteroatoms. The number of unbranched alkanes of at least 4 members (excludes halogenated alkanes) is 21. The van der Waals surface area contributed by atoms with Crippen LogP contribution in [0.5, 0.6) is 0 Å². The summed E-state index contributed by atoms with van der Waals surface area (Å²) in [6, 6.07) is 0. The molecule has 0 aliphatic rings. The fraction of sp³-hybridized carbons (Fsp3) is 0.900. The van der Waals surface area contributed by atoms with Crippen LogP contribution in [0.3, 0.4) is 0 Å². The summed E-state index contributed by atoms with van der Waals surface area (Å²) in [6.45, 7) is 18.2. The molecule has 0 radical (unpaired) electrons. The van der Waals surface area contributed by atoms with Gasteiger partial charge < -0.3 is 22.2 Å². The summed E-state index contributed by atoms with van der Waals surface area (Å²) in [7, 11) is 0. The largest absolute Gasteiger partial charge is 4.00 e. The monoisotopic (exact) mass is 604 g/mol. The zero-order valence-electron chi connectivity index (χ0n) is 23.6. The van der Waals surface area contributed by atoms with Crippen molar-refractivity contribution in [3.05, 3.63) is 20.8 Å². The number of hydrogen-bond acceptors (Lipinski definition) is 0. The Labute approximate surface area is 222 Å². The van der Waals surface area contributed by atoms with Crippen molar-refractivity contribution < 1.29 is 27.3 Å². The summed E-state index contributed by atoms with van der Waals surface area (Å²) in [5.41, 5.74) is 0. The Balaban J connectivity index is -0.000000110. The van der Waals surface area contributed by atoms with Gasteiger partial charge in [-0.25, -0.2) is 0 Å². The third-order valence-electron chi connectivity index (χ3n) is 5.56. The zero-order chi connectivity index (χ0) is 23.0. The molecule has 0 saturated heterocycles. The molecule has 0 rings (SSSR count).